The van der Waals surface area contributed by atoms with Crippen LogP contribution in [0, 0.1) is 0 Å². The van der Waals surface area contributed by atoms with Gasteiger partial charge in [-0.2, -0.15) is 0 Å². The van der Waals surface area contributed by atoms with E-state index < -0.39 is 35.0 Å². The van der Waals surface area contributed by atoms with Gasteiger partial charge in [0.25, 0.3) is 0 Å². The van der Waals surface area contributed by atoms with Crippen LogP contribution < -0.4 is 42.0 Å². The molecule has 0 unspecified atom stereocenters. The van der Waals surface area contributed by atoms with Crippen LogP contribution in [0.1, 0.15) is 0 Å². The van der Waals surface area contributed by atoms with Gasteiger partial charge < -0.3 is 0 Å². The standard InChI is InChI=1S/C37H32As2O.C18H15P.Rh.3H/c40-37(38(31-19-7-1-8-20-31,32-21-9-2-10-22-32)33-23-11-3-12-24-33)39(34-25-13-4-14-26-34,35-27-15-5-16-28-35)36-29-17-6-18-30-36;1-4-10-16(11-5-1)19(17-12-6-2-7-13-17)18-14-8-3-9-15-18;;;;/h1-30,38-39H;1-15H;;;;. The third-order valence-corrected chi connectivity index (χ3v) is 39.5. The van der Waals surface area contributed by atoms with E-state index in [2.05, 4.69) is 273 Å². The fourth-order valence-electron chi connectivity index (χ4n) is 8.38. The molecular formula is C55H50As2OPRh. The normalized spacial score (nSPS) is 11.6. The van der Waals surface area contributed by atoms with Crippen LogP contribution >= 0.6 is 7.92 Å². The van der Waals surface area contributed by atoms with Crippen LogP contribution in [0.2, 0.25) is 0 Å². The molecule has 300 valence electrons. The Morgan fingerprint density at radius 2 is 0.400 bits per heavy atom. The predicted octanol–water partition coefficient (Wildman–Crippen LogP) is 6.71. The van der Waals surface area contributed by atoms with Crippen molar-refractivity contribution < 1.29 is 24.3 Å². The number of carbonyl (C=O) groups is 1. The van der Waals surface area contributed by atoms with Gasteiger partial charge in [0, 0.05) is 0 Å². The smallest absolute Gasteiger partial charge is 0.0134 e. The molecule has 0 aromatic heterocycles. The molecule has 0 amide bonds. The van der Waals surface area contributed by atoms with Crippen molar-refractivity contribution in [1.29, 1.82) is 0 Å². The molecule has 9 aromatic carbocycles. The fourth-order valence-corrected chi connectivity index (χ4v) is 43.6. The van der Waals surface area contributed by atoms with E-state index in [1.54, 1.807) is 0 Å². The van der Waals surface area contributed by atoms with Gasteiger partial charge in [-0.05, 0) is 23.8 Å². The van der Waals surface area contributed by atoms with Gasteiger partial charge in [0.05, 0.1) is 0 Å². The van der Waals surface area contributed by atoms with Crippen LogP contribution in [0.4, 0.5) is 4.79 Å². The molecule has 1 nitrogen and oxygen atoms in total. The van der Waals surface area contributed by atoms with Gasteiger partial charge in [-0.3, -0.25) is 0 Å². The molecule has 0 atom stereocenters. The summed E-state index contributed by atoms with van der Waals surface area (Å²) in [6, 6.07) is 96.2. The molecule has 0 bridgehead atoms. The molecule has 5 heteroatoms. The number of hydrogen-bond donors (Lipinski definition) is 0. The Bertz CT molecular complexity index is 2230. The maximum Gasteiger partial charge on any atom is -0.0134 e. The topological polar surface area (TPSA) is 17.1 Å². The number of hydrogen-bond acceptors (Lipinski definition) is 1. The summed E-state index contributed by atoms with van der Waals surface area (Å²) >= 11 is -8.10. The van der Waals surface area contributed by atoms with Gasteiger partial charge in [0.2, 0.25) is 0 Å². The van der Waals surface area contributed by atoms with E-state index in [4.69, 9.17) is 0 Å². The summed E-state index contributed by atoms with van der Waals surface area (Å²) in [5, 5.41) is 4.19. The Labute approximate surface area is 374 Å². The van der Waals surface area contributed by atoms with Crippen molar-refractivity contribution in [3.8, 4) is 0 Å². The van der Waals surface area contributed by atoms with E-state index >= 15 is 4.79 Å². The average molecular weight is 1010 g/mol. The van der Waals surface area contributed by atoms with Crippen molar-refractivity contribution in [2.45, 2.75) is 0 Å². The van der Waals surface area contributed by atoms with E-state index in [0.29, 0.717) is 3.36 Å². The molecule has 0 N–H and O–H groups in total. The largest absolute Gasteiger partial charge is 0.0622 e. The average Bonchev–Trinajstić information content (AvgIpc) is 3.33. The van der Waals surface area contributed by atoms with Crippen LogP contribution in [0.5, 0.6) is 0 Å². The van der Waals surface area contributed by atoms with Gasteiger partial charge in [-0.15, -0.1) is 0 Å². The molecule has 0 saturated carbocycles. The first-order valence-electron chi connectivity index (χ1n) is 20.1. The Kier molecular flexibility index (Phi) is 14.9. The number of benzene rings is 9. The summed E-state index contributed by atoms with van der Waals surface area (Å²) in [7, 11) is -0.446. The van der Waals surface area contributed by atoms with Crippen molar-refractivity contribution in [3.63, 3.8) is 0 Å². The summed E-state index contributed by atoms with van der Waals surface area (Å²) in [4.78, 5) is 16.5. The van der Waals surface area contributed by atoms with Crippen molar-refractivity contribution >= 4 is 80.4 Å². The van der Waals surface area contributed by atoms with Crippen LogP contribution in [-0.4, -0.2) is 30.5 Å². The van der Waals surface area contributed by atoms with Crippen molar-refractivity contribution in [3.05, 3.63) is 273 Å². The minimum atomic E-state index is -4.05. The molecular weight excluding hydrogens is 960 g/mol. The van der Waals surface area contributed by atoms with E-state index in [1.165, 1.54) is 42.0 Å². The number of carbonyl (C=O) groups excluding carboxylic acids is 1. The van der Waals surface area contributed by atoms with Crippen molar-refractivity contribution in [2.24, 2.45) is 0 Å². The Morgan fingerprint density at radius 1 is 0.250 bits per heavy atom. The van der Waals surface area contributed by atoms with E-state index in [-0.39, 0.29) is 19.5 Å². The molecule has 60 heavy (non-hydrogen) atoms. The summed E-state index contributed by atoms with van der Waals surface area (Å²) in [5.74, 6) is 0. The van der Waals surface area contributed by atoms with Gasteiger partial charge in [0.15, 0.2) is 0 Å². The minimum Gasteiger partial charge on any atom is -0.0622 e. The van der Waals surface area contributed by atoms with Crippen LogP contribution in [0.15, 0.2) is 273 Å². The molecule has 0 aliphatic carbocycles. The van der Waals surface area contributed by atoms with Crippen LogP contribution in [0.3, 0.4) is 0 Å². The quantitative estimate of drug-likeness (QED) is 0.104. The molecule has 0 fully saturated rings. The van der Waals surface area contributed by atoms with Crippen LogP contribution in [-0.2, 0) is 19.5 Å². The summed E-state index contributed by atoms with van der Waals surface area (Å²) < 4.78 is 7.47. The Hall–Kier alpha value is -5.18. The van der Waals surface area contributed by atoms with Gasteiger partial charge in [-0.25, -0.2) is 0 Å². The summed E-state index contributed by atoms with van der Waals surface area (Å²) in [5.41, 5.74) is 0. The summed E-state index contributed by atoms with van der Waals surface area (Å²) in [6.45, 7) is 0. The van der Waals surface area contributed by atoms with E-state index in [1.807, 2.05) is 0 Å². The van der Waals surface area contributed by atoms with Gasteiger partial charge in [0.1, 0.15) is 0 Å². The zero-order valence-corrected chi connectivity index (χ0v) is 40.3. The maximum atomic E-state index is 16.5. The SMILES string of the molecule is O=C([AsH](c1ccccc1)(c1ccccc1)c1ccccc1)[AsH](c1ccccc1)(c1ccccc1)c1ccccc1.[RhH3].c1ccc(P(c2ccccc2)c2ccccc2)cc1. The second-order valence-corrected chi connectivity index (χ2v) is 34.3. The zero-order chi connectivity index (χ0) is 40.2. The third kappa shape index (κ3) is 8.82. The molecule has 0 spiro atoms. The van der Waals surface area contributed by atoms with E-state index in [9.17, 15) is 0 Å². The van der Waals surface area contributed by atoms with Crippen molar-refractivity contribution in [2.75, 3.05) is 0 Å². The molecule has 0 aliphatic heterocycles. The van der Waals surface area contributed by atoms with Gasteiger partial charge >= 0.3 is 263 Å². The Morgan fingerprint density at radius 3 is 0.567 bits per heavy atom. The zero-order valence-electron chi connectivity index (χ0n) is 33.2. The summed E-state index contributed by atoms with van der Waals surface area (Å²) in [6.07, 6.45) is 0. The second kappa shape index (κ2) is 20.9. The molecule has 9 aromatic rings. The molecule has 1 radical (unpaired) electrons. The second-order valence-electron chi connectivity index (χ2n) is 14.4. The molecule has 0 saturated heterocycles. The predicted molar refractivity (Wildman–Crippen MR) is 265 cm³/mol. The minimum absolute atomic E-state index is 0. The first-order valence-corrected chi connectivity index (χ1v) is 29.8. The van der Waals surface area contributed by atoms with Crippen molar-refractivity contribution in [1.82, 2.24) is 0 Å². The number of rotatable bonds is 11. The van der Waals surface area contributed by atoms with E-state index in [0.717, 1.165) is 0 Å². The Balaban J connectivity index is 0.000000228. The first kappa shape index (κ1) is 42.9. The molecule has 9 rings (SSSR count). The first-order chi connectivity index (χ1) is 29.2. The maximum absolute atomic E-state index is 16.5. The molecule has 0 aliphatic rings. The third-order valence-electron chi connectivity index (χ3n) is 11.0. The van der Waals surface area contributed by atoms with Gasteiger partial charge in [-0.1, -0.05) is 91.0 Å². The monoisotopic (exact) mass is 1010 g/mol. The molecule has 0 heterocycles. The van der Waals surface area contributed by atoms with Crippen LogP contribution in [0.25, 0.3) is 0 Å². The fraction of sp³-hybridized carbons (Fsp3) is 0.